The Morgan fingerprint density at radius 1 is 1.05 bits per heavy atom. The monoisotopic (exact) mass is 264 g/mol. The van der Waals surface area contributed by atoms with E-state index in [1.54, 1.807) is 0 Å². The van der Waals surface area contributed by atoms with Crippen molar-refractivity contribution in [2.75, 3.05) is 0 Å². The highest BCUT2D eigenvalue weighted by molar-refractivity contribution is 5.97. The molecule has 2 saturated carbocycles. The van der Waals surface area contributed by atoms with Crippen molar-refractivity contribution in [3.8, 4) is 0 Å². The number of hydrogen-bond donors (Lipinski definition) is 1. The van der Waals surface area contributed by atoms with Gasteiger partial charge in [0.25, 0.3) is 0 Å². The average Bonchev–Trinajstić information content (AvgIpc) is 3.16. The van der Waals surface area contributed by atoms with E-state index in [1.165, 1.54) is 0 Å². The van der Waals surface area contributed by atoms with E-state index in [0.29, 0.717) is 17.8 Å². The summed E-state index contributed by atoms with van der Waals surface area (Å²) >= 11 is 0. The van der Waals surface area contributed by atoms with Crippen LogP contribution in [0.4, 0.5) is 0 Å². The van der Waals surface area contributed by atoms with E-state index in [2.05, 4.69) is 19.2 Å². The lowest BCUT2D eigenvalue weighted by atomic mass is 9.93. The van der Waals surface area contributed by atoms with Crippen molar-refractivity contribution >= 4 is 11.8 Å². The maximum atomic E-state index is 12.7. The summed E-state index contributed by atoms with van der Waals surface area (Å²) in [5.74, 6) is 1.73. The van der Waals surface area contributed by atoms with Crippen molar-refractivity contribution in [1.29, 1.82) is 0 Å². The summed E-state index contributed by atoms with van der Waals surface area (Å²) in [5.41, 5.74) is 0. The Bertz CT molecular complexity index is 405. The highest BCUT2D eigenvalue weighted by atomic mass is 16.2. The number of nitrogens with one attached hydrogen (secondary N) is 1. The van der Waals surface area contributed by atoms with Gasteiger partial charge in [0.2, 0.25) is 11.8 Å². The molecule has 3 fully saturated rings. The van der Waals surface area contributed by atoms with Gasteiger partial charge < -0.3 is 10.2 Å². The van der Waals surface area contributed by atoms with Gasteiger partial charge in [0.05, 0.1) is 0 Å². The second-order valence-corrected chi connectivity index (χ2v) is 6.73. The minimum atomic E-state index is -0.305. The van der Waals surface area contributed by atoms with Crippen LogP contribution in [0.5, 0.6) is 0 Å². The molecular formula is C15H24N2O2. The number of carbonyl (C=O) groups is 2. The number of hydrogen-bond acceptors (Lipinski definition) is 2. The van der Waals surface area contributed by atoms with E-state index >= 15 is 0 Å². The van der Waals surface area contributed by atoms with Crippen LogP contribution in [-0.4, -0.2) is 34.8 Å². The summed E-state index contributed by atoms with van der Waals surface area (Å²) in [6.45, 7) is 6.34. The van der Waals surface area contributed by atoms with Crippen molar-refractivity contribution in [1.82, 2.24) is 10.2 Å². The molecule has 4 heteroatoms. The van der Waals surface area contributed by atoms with Gasteiger partial charge in [-0.1, -0.05) is 13.8 Å². The van der Waals surface area contributed by atoms with E-state index in [1.807, 2.05) is 11.8 Å². The summed E-state index contributed by atoms with van der Waals surface area (Å²) in [5, 5.41) is 2.93. The molecule has 106 valence electrons. The predicted octanol–water partition coefficient (Wildman–Crippen LogP) is 1.55. The molecule has 0 bridgehead atoms. The molecule has 5 unspecified atom stereocenters. The van der Waals surface area contributed by atoms with E-state index in [-0.39, 0.29) is 29.9 Å². The molecule has 1 N–H and O–H groups in total. The fourth-order valence-corrected chi connectivity index (χ4v) is 3.74. The highest BCUT2D eigenvalue weighted by Crippen LogP contribution is 2.40. The Hall–Kier alpha value is -1.06. The third-order valence-corrected chi connectivity index (χ3v) is 5.49. The summed E-state index contributed by atoms with van der Waals surface area (Å²) < 4.78 is 0. The molecule has 3 aliphatic rings. The van der Waals surface area contributed by atoms with Crippen LogP contribution in [-0.2, 0) is 9.59 Å². The van der Waals surface area contributed by atoms with Gasteiger partial charge in [0.15, 0.2) is 0 Å². The summed E-state index contributed by atoms with van der Waals surface area (Å²) in [6, 6.07) is -0.295. The smallest absolute Gasteiger partial charge is 0.246 e. The zero-order valence-electron chi connectivity index (χ0n) is 12.1. The zero-order chi connectivity index (χ0) is 13.7. The Morgan fingerprint density at radius 2 is 1.74 bits per heavy atom. The molecule has 0 aromatic rings. The second-order valence-electron chi connectivity index (χ2n) is 6.73. The minimum Gasteiger partial charge on any atom is -0.342 e. The van der Waals surface area contributed by atoms with E-state index < -0.39 is 0 Å². The van der Waals surface area contributed by atoms with Gasteiger partial charge in [-0.15, -0.1) is 0 Å². The van der Waals surface area contributed by atoms with Crippen molar-refractivity contribution < 1.29 is 9.59 Å². The summed E-state index contributed by atoms with van der Waals surface area (Å²) in [4.78, 5) is 26.8. The van der Waals surface area contributed by atoms with Gasteiger partial charge in [-0.3, -0.25) is 9.59 Å². The Morgan fingerprint density at radius 3 is 2.26 bits per heavy atom. The fourth-order valence-electron chi connectivity index (χ4n) is 3.74. The normalized spacial score (nSPS) is 43.5. The van der Waals surface area contributed by atoms with Gasteiger partial charge in [-0.25, -0.2) is 0 Å². The molecule has 1 saturated heterocycles. The largest absolute Gasteiger partial charge is 0.342 e. The summed E-state index contributed by atoms with van der Waals surface area (Å²) in [7, 11) is 0. The van der Waals surface area contributed by atoms with Crippen molar-refractivity contribution in [2.24, 2.45) is 17.8 Å². The van der Waals surface area contributed by atoms with Crippen LogP contribution >= 0.6 is 0 Å². The Kier molecular flexibility index (Phi) is 3.06. The average molecular weight is 264 g/mol. The topological polar surface area (TPSA) is 49.4 Å². The first-order valence-electron chi connectivity index (χ1n) is 7.63. The quantitative estimate of drug-likeness (QED) is 0.822. The van der Waals surface area contributed by atoms with Crippen molar-refractivity contribution in [3.63, 3.8) is 0 Å². The van der Waals surface area contributed by atoms with Crippen LogP contribution in [0.1, 0.15) is 46.5 Å². The number of nitrogens with zero attached hydrogens (tertiary/aromatic N) is 1. The molecule has 0 spiro atoms. The molecular weight excluding hydrogens is 240 g/mol. The first kappa shape index (κ1) is 12.9. The van der Waals surface area contributed by atoms with Crippen LogP contribution < -0.4 is 5.32 Å². The molecule has 3 rings (SSSR count). The molecule has 1 aliphatic heterocycles. The Labute approximate surface area is 114 Å². The number of amides is 2. The lowest BCUT2D eigenvalue weighted by Crippen LogP contribution is -2.65. The van der Waals surface area contributed by atoms with E-state index in [4.69, 9.17) is 0 Å². The molecule has 5 atom stereocenters. The van der Waals surface area contributed by atoms with Crippen molar-refractivity contribution in [2.45, 2.75) is 64.6 Å². The standard InChI is InChI=1S/C15H24N2O2/c1-8-4-7-12(9(8)2)17-10(3)14(18)16-13(15(17)19)11-5-6-11/h8-13H,4-7H2,1-3H3,(H,16,18). The fraction of sp³-hybridized carbons (Fsp3) is 0.867. The first-order valence-corrected chi connectivity index (χ1v) is 7.63. The lowest BCUT2D eigenvalue weighted by molar-refractivity contribution is -0.153. The third kappa shape index (κ3) is 2.05. The summed E-state index contributed by atoms with van der Waals surface area (Å²) in [6.07, 6.45) is 4.37. The van der Waals surface area contributed by atoms with Gasteiger partial charge in [-0.05, 0) is 50.4 Å². The minimum absolute atomic E-state index is 0.0308. The van der Waals surface area contributed by atoms with Gasteiger partial charge in [0, 0.05) is 6.04 Å². The third-order valence-electron chi connectivity index (χ3n) is 5.49. The molecule has 0 aromatic heterocycles. The zero-order valence-corrected chi connectivity index (χ0v) is 12.1. The first-order chi connectivity index (χ1) is 9.00. The molecule has 4 nitrogen and oxygen atoms in total. The van der Waals surface area contributed by atoms with Gasteiger partial charge in [0.1, 0.15) is 12.1 Å². The lowest BCUT2D eigenvalue weighted by Gasteiger charge is -2.43. The predicted molar refractivity (Wildman–Crippen MR) is 72.3 cm³/mol. The van der Waals surface area contributed by atoms with Crippen LogP contribution in [0.15, 0.2) is 0 Å². The second kappa shape index (κ2) is 4.50. The van der Waals surface area contributed by atoms with Gasteiger partial charge in [-0.2, -0.15) is 0 Å². The Balaban J connectivity index is 1.84. The molecule has 1 heterocycles. The number of carbonyl (C=O) groups excluding carboxylic acids is 2. The van der Waals surface area contributed by atoms with Crippen molar-refractivity contribution in [3.05, 3.63) is 0 Å². The van der Waals surface area contributed by atoms with Crippen LogP contribution in [0.25, 0.3) is 0 Å². The molecule has 2 aliphatic carbocycles. The maximum Gasteiger partial charge on any atom is 0.246 e. The van der Waals surface area contributed by atoms with Crippen LogP contribution in [0.3, 0.4) is 0 Å². The van der Waals surface area contributed by atoms with E-state index in [0.717, 1.165) is 25.7 Å². The van der Waals surface area contributed by atoms with E-state index in [9.17, 15) is 9.59 Å². The molecule has 19 heavy (non-hydrogen) atoms. The van der Waals surface area contributed by atoms with Crippen LogP contribution in [0.2, 0.25) is 0 Å². The SMILES string of the molecule is CC1CCC(N2C(=O)C(C3CC3)NC(=O)C2C)C1C. The molecule has 0 aromatic carbocycles. The number of rotatable bonds is 2. The maximum absolute atomic E-state index is 12.7. The van der Waals surface area contributed by atoms with Crippen LogP contribution in [0, 0.1) is 17.8 Å². The molecule has 2 amide bonds. The molecule has 0 radical (unpaired) electrons. The highest BCUT2D eigenvalue weighted by Gasteiger charge is 2.49. The van der Waals surface area contributed by atoms with Gasteiger partial charge >= 0.3 is 0 Å². The number of piperazine rings is 1.